The van der Waals surface area contributed by atoms with E-state index < -0.39 is 11.8 Å². The van der Waals surface area contributed by atoms with Gasteiger partial charge in [-0.3, -0.25) is 4.79 Å². The summed E-state index contributed by atoms with van der Waals surface area (Å²) in [7, 11) is 0. The summed E-state index contributed by atoms with van der Waals surface area (Å²) >= 11 is 0. The van der Waals surface area contributed by atoms with Crippen molar-refractivity contribution in [2.24, 2.45) is 23.5 Å². The molecular weight excluding hydrogens is 288 g/mol. The maximum atomic E-state index is 12.7. The first-order valence-corrected chi connectivity index (χ1v) is 8.65. The highest BCUT2D eigenvalue weighted by molar-refractivity contribution is 5.85. The molecule has 1 amide bonds. The van der Waals surface area contributed by atoms with E-state index in [1.807, 2.05) is 30.3 Å². The molecule has 0 heterocycles. The number of aliphatic hydroxyl groups is 1. The van der Waals surface area contributed by atoms with Gasteiger partial charge in [0.25, 0.3) is 5.91 Å². The van der Waals surface area contributed by atoms with Crippen LogP contribution in [0.1, 0.15) is 45.6 Å². The molecule has 1 aliphatic carbocycles. The number of carbonyl (C=O) groups excluding carboxylic acids is 1. The Balaban J connectivity index is 2.04. The normalized spacial score (nSPS) is 29.3. The Hall–Kier alpha value is -1.39. The molecule has 0 aromatic heterocycles. The van der Waals surface area contributed by atoms with E-state index in [-0.39, 0.29) is 17.7 Å². The van der Waals surface area contributed by atoms with E-state index in [2.05, 4.69) is 26.1 Å². The van der Waals surface area contributed by atoms with Crippen LogP contribution >= 0.6 is 0 Å². The zero-order valence-electron chi connectivity index (χ0n) is 14.5. The second-order valence-electron chi connectivity index (χ2n) is 7.43. The van der Waals surface area contributed by atoms with Gasteiger partial charge in [0, 0.05) is 6.42 Å². The summed E-state index contributed by atoms with van der Waals surface area (Å²) in [5.41, 5.74) is 5.85. The number of rotatable bonds is 5. The predicted molar refractivity (Wildman–Crippen MR) is 92.6 cm³/mol. The van der Waals surface area contributed by atoms with E-state index in [1.165, 1.54) is 0 Å². The molecule has 1 aliphatic rings. The zero-order valence-corrected chi connectivity index (χ0v) is 14.5. The van der Waals surface area contributed by atoms with Gasteiger partial charge in [0.15, 0.2) is 0 Å². The third kappa shape index (κ3) is 4.33. The Morgan fingerprint density at radius 3 is 2.61 bits per heavy atom. The van der Waals surface area contributed by atoms with E-state index in [0.29, 0.717) is 18.8 Å². The van der Waals surface area contributed by atoms with Crippen LogP contribution in [0, 0.1) is 17.8 Å². The molecule has 128 valence electrons. The maximum absolute atomic E-state index is 12.7. The van der Waals surface area contributed by atoms with Crippen LogP contribution in [0.25, 0.3) is 0 Å². The fraction of sp³-hybridized carbons (Fsp3) is 0.632. The summed E-state index contributed by atoms with van der Waals surface area (Å²) in [6.07, 6.45) is 2.54. The van der Waals surface area contributed by atoms with Crippen molar-refractivity contribution < 1.29 is 9.90 Å². The minimum absolute atomic E-state index is 0.0115. The highest BCUT2D eigenvalue weighted by atomic mass is 16.3. The summed E-state index contributed by atoms with van der Waals surface area (Å²) in [5.74, 6) is 0.295. The van der Waals surface area contributed by atoms with Gasteiger partial charge < -0.3 is 16.2 Å². The monoisotopic (exact) mass is 318 g/mol. The van der Waals surface area contributed by atoms with E-state index >= 15 is 0 Å². The molecule has 0 saturated heterocycles. The molecule has 0 spiro atoms. The second-order valence-corrected chi connectivity index (χ2v) is 7.43. The lowest BCUT2D eigenvalue weighted by Gasteiger charge is -2.43. The molecule has 4 nitrogen and oxygen atoms in total. The van der Waals surface area contributed by atoms with Crippen molar-refractivity contribution in [3.05, 3.63) is 35.9 Å². The minimum atomic E-state index is -1.31. The summed E-state index contributed by atoms with van der Waals surface area (Å²) in [5, 5.41) is 13.9. The first kappa shape index (κ1) is 18.0. The number of hydrogen-bond acceptors (Lipinski definition) is 3. The average molecular weight is 318 g/mol. The van der Waals surface area contributed by atoms with Crippen LogP contribution in [0.2, 0.25) is 0 Å². The van der Waals surface area contributed by atoms with Crippen LogP contribution < -0.4 is 11.1 Å². The summed E-state index contributed by atoms with van der Waals surface area (Å²) < 4.78 is 0. The summed E-state index contributed by atoms with van der Waals surface area (Å²) in [6.45, 7) is 6.24. The number of hydrogen-bond donors (Lipinski definition) is 3. The van der Waals surface area contributed by atoms with Crippen molar-refractivity contribution in [1.82, 2.24) is 5.32 Å². The maximum Gasteiger partial charge on any atom is 0.253 e. The Labute approximate surface area is 139 Å². The number of nitrogens with one attached hydrogen (secondary N) is 1. The Kier molecular flexibility index (Phi) is 5.82. The van der Waals surface area contributed by atoms with Crippen molar-refractivity contribution in [2.45, 2.75) is 58.2 Å². The fourth-order valence-corrected chi connectivity index (χ4v) is 3.85. The van der Waals surface area contributed by atoms with E-state index in [9.17, 15) is 9.90 Å². The smallest absolute Gasteiger partial charge is 0.253 e. The van der Waals surface area contributed by atoms with Crippen LogP contribution in [0.5, 0.6) is 0 Å². The highest BCUT2D eigenvalue weighted by Crippen LogP contribution is 2.41. The van der Waals surface area contributed by atoms with Gasteiger partial charge >= 0.3 is 0 Å². The molecule has 0 aliphatic heterocycles. The molecule has 3 unspecified atom stereocenters. The molecule has 1 saturated carbocycles. The lowest BCUT2D eigenvalue weighted by Crippen LogP contribution is -2.59. The largest absolute Gasteiger partial charge is 0.380 e. The zero-order chi connectivity index (χ0) is 17.0. The van der Waals surface area contributed by atoms with Crippen molar-refractivity contribution in [3.8, 4) is 0 Å². The van der Waals surface area contributed by atoms with Gasteiger partial charge in [0.05, 0.1) is 6.17 Å². The molecule has 23 heavy (non-hydrogen) atoms. The molecule has 1 fully saturated rings. The van der Waals surface area contributed by atoms with Crippen LogP contribution in [0.3, 0.4) is 0 Å². The number of amides is 1. The summed E-state index contributed by atoms with van der Waals surface area (Å²) in [6, 6.07) is 9.83. The van der Waals surface area contributed by atoms with E-state index in [1.54, 1.807) is 0 Å². The quantitative estimate of drug-likeness (QED) is 0.730. The lowest BCUT2D eigenvalue weighted by atomic mass is 9.66. The minimum Gasteiger partial charge on any atom is -0.380 e. The topological polar surface area (TPSA) is 75.3 Å². The number of nitrogens with two attached hydrogens (primary N) is 1. The molecule has 0 radical (unpaired) electrons. The first-order valence-electron chi connectivity index (χ1n) is 8.65. The molecule has 2 rings (SSSR count). The van der Waals surface area contributed by atoms with Gasteiger partial charge in [-0.05, 0) is 36.2 Å². The highest BCUT2D eigenvalue weighted by Gasteiger charge is 2.48. The molecule has 1 aromatic carbocycles. The molecular formula is C19H30N2O2. The Morgan fingerprint density at radius 1 is 1.35 bits per heavy atom. The third-order valence-electron chi connectivity index (χ3n) is 5.06. The molecule has 4 heteroatoms. The lowest BCUT2D eigenvalue weighted by molar-refractivity contribution is -0.156. The van der Waals surface area contributed by atoms with E-state index in [4.69, 9.17) is 5.73 Å². The van der Waals surface area contributed by atoms with Gasteiger partial charge in [-0.15, -0.1) is 0 Å². The Morgan fingerprint density at radius 2 is 2.00 bits per heavy atom. The molecule has 0 bridgehead atoms. The van der Waals surface area contributed by atoms with Crippen molar-refractivity contribution in [2.75, 3.05) is 0 Å². The molecule has 4 N–H and O–H groups in total. The standard InChI is InChI=1S/C19H30N2O2/c1-13(2)16-10-9-14(3)12-19(16,23)18(22)21-17(20)11-15-7-5-4-6-8-15/h4-8,13-14,16-17,23H,9-12,20H2,1-3H3,(H,21,22)/t14?,16?,17?,19-/m1/s1. The fourth-order valence-electron chi connectivity index (χ4n) is 3.85. The van der Waals surface area contributed by atoms with Crippen LogP contribution in [0.15, 0.2) is 30.3 Å². The van der Waals surface area contributed by atoms with E-state index in [0.717, 1.165) is 18.4 Å². The van der Waals surface area contributed by atoms with Gasteiger partial charge in [-0.25, -0.2) is 0 Å². The number of benzene rings is 1. The summed E-state index contributed by atoms with van der Waals surface area (Å²) in [4.78, 5) is 12.7. The molecule has 1 aromatic rings. The number of carbonyl (C=O) groups is 1. The SMILES string of the molecule is CC1CCC(C(C)C)[C@@](O)(C(=O)NC(N)Cc2ccccc2)C1. The van der Waals surface area contributed by atoms with Crippen molar-refractivity contribution in [3.63, 3.8) is 0 Å². The van der Waals surface area contributed by atoms with Crippen LogP contribution in [-0.4, -0.2) is 22.8 Å². The van der Waals surface area contributed by atoms with Crippen LogP contribution in [-0.2, 0) is 11.2 Å². The third-order valence-corrected chi connectivity index (χ3v) is 5.06. The average Bonchev–Trinajstić information content (AvgIpc) is 2.47. The second kappa shape index (κ2) is 7.45. The van der Waals surface area contributed by atoms with Crippen molar-refractivity contribution in [1.29, 1.82) is 0 Å². The molecule has 4 atom stereocenters. The van der Waals surface area contributed by atoms with Gasteiger partial charge in [-0.2, -0.15) is 0 Å². The predicted octanol–water partition coefficient (Wildman–Crippen LogP) is 2.45. The van der Waals surface area contributed by atoms with Crippen LogP contribution in [0.4, 0.5) is 0 Å². The Bertz CT molecular complexity index is 517. The van der Waals surface area contributed by atoms with Gasteiger partial charge in [-0.1, -0.05) is 57.5 Å². The first-order chi connectivity index (χ1) is 10.8. The van der Waals surface area contributed by atoms with Gasteiger partial charge in [0.1, 0.15) is 5.60 Å². The van der Waals surface area contributed by atoms with Crippen molar-refractivity contribution >= 4 is 5.91 Å². The van der Waals surface area contributed by atoms with Gasteiger partial charge in [0.2, 0.25) is 0 Å².